The molecule has 0 fully saturated rings. The highest BCUT2D eigenvalue weighted by atomic mass is 32.1. The predicted octanol–water partition coefficient (Wildman–Crippen LogP) is 1.83. The van der Waals surface area contributed by atoms with Gasteiger partial charge in [0.05, 0.1) is 18.9 Å². The van der Waals surface area contributed by atoms with Crippen molar-refractivity contribution in [1.29, 1.82) is 0 Å². The lowest BCUT2D eigenvalue weighted by Gasteiger charge is -2.08. The number of carbonyl (C=O) groups is 2. The van der Waals surface area contributed by atoms with E-state index in [0.717, 1.165) is 11.3 Å². The molecule has 0 aromatic carbocycles. The molecule has 0 radical (unpaired) electrons. The first-order valence-electron chi connectivity index (χ1n) is 7.72. The highest BCUT2D eigenvalue weighted by molar-refractivity contribution is 7.17. The summed E-state index contributed by atoms with van der Waals surface area (Å²) in [5, 5.41) is 2.86. The van der Waals surface area contributed by atoms with Crippen LogP contribution in [-0.2, 0) is 16.1 Å². The number of hydrogen-bond acceptors (Lipinski definition) is 7. The number of esters is 1. The molecule has 0 bridgehead atoms. The van der Waals surface area contributed by atoms with Crippen molar-refractivity contribution in [2.75, 3.05) is 18.5 Å². The molecule has 134 valence electrons. The van der Waals surface area contributed by atoms with Gasteiger partial charge in [0, 0.05) is 6.20 Å². The molecule has 0 unspecified atom stereocenters. The number of pyridine rings is 1. The quantitative estimate of drug-likeness (QED) is 0.752. The summed E-state index contributed by atoms with van der Waals surface area (Å²) in [7, 11) is 0. The molecular formula is C16H19N3O5S. The minimum absolute atomic E-state index is 0.187. The van der Waals surface area contributed by atoms with E-state index in [2.05, 4.69) is 10.3 Å². The van der Waals surface area contributed by atoms with Crippen molar-refractivity contribution in [2.24, 2.45) is 0 Å². The van der Waals surface area contributed by atoms with Crippen LogP contribution in [0.1, 0.15) is 29.2 Å². The molecule has 1 amide bonds. The third-order valence-electron chi connectivity index (χ3n) is 3.10. The molecule has 1 N–H and O–H groups in total. The normalized spacial score (nSPS) is 10.4. The smallest absolute Gasteiger partial charge is 0.350 e. The van der Waals surface area contributed by atoms with Gasteiger partial charge in [0.15, 0.2) is 10.9 Å². The van der Waals surface area contributed by atoms with Crippen molar-refractivity contribution in [3.8, 4) is 5.75 Å². The molecule has 0 saturated heterocycles. The molecule has 2 aromatic heterocycles. The number of hydrogen-bond donors (Lipinski definition) is 1. The minimum atomic E-state index is -0.473. The average Bonchev–Trinajstić information content (AvgIpc) is 2.92. The summed E-state index contributed by atoms with van der Waals surface area (Å²) >= 11 is 1.03. The van der Waals surface area contributed by atoms with Crippen LogP contribution in [0, 0.1) is 6.92 Å². The molecule has 2 rings (SSSR count). The zero-order valence-electron chi connectivity index (χ0n) is 14.2. The van der Waals surface area contributed by atoms with E-state index in [4.69, 9.17) is 9.47 Å². The van der Waals surface area contributed by atoms with Crippen molar-refractivity contribution >= 4 is 28.3 Å². The molecule has 0 spiro atoms. The van der Waals surface area contributed by atoms with Crippen LogP contribution in [0.3, 0.4) is 0 Å². The maximum atomic E-state index is 12.2. The third-order valence-corrected chi connectivity index (χ3v) is 4.16. The Morgan fingerprint density at radius 1 is 1.32 bits per heavy atom. The first-order valence-corrected chi connectivity index (χ1v) is 8.54. The molecular weight excluding hydrogens is 346 g/mol. The van der Waals surface area contributed by atoms with E-state index in [0.29, 0.717) is 17.2 Å². The molecule has 2 aromatic rings. The number of rotatable bonds is 7. The Bertz CT molecular complexity index is 827. The van der Waals surface area contributed by atoms with Crippen LogP contribution >= 0.6 is 11.3 Å². The Morgan fingerprint density at radius 2 is 2.08 bits per heavy atom. The molecule has 2 heterocycles. The summed E-state index contributed by atoms with van der Waals surface area (Å²) in [6.07, 6.45) is 1.50. The van der Waals surface area contributed by atoms with E-state index in [1.807, 2.05) is 0 Å². The predicted molar refractivity (Wildman–Crippen MR) is 93.3 cm³/mol. The highest BCUT2D eigenvalue weighted by Crippen LogP contribution is 2.23. The Kier molecular flexibility index (Phi) is 6.29. The van der Waals surface area contributed by atoms with Crippen molar-refractivity contribution < 1.29 is 19.1 Å². The van der Waals surface area contributed by atoms with Gasteiger partial charge in [-0.2, -0.15) is 0 Å². The zero-order chi connectivity index (χ0) is 18.4. The fourth-order valence-electron chi connectivity index (χ4n) is 2.05. The third kappa shape index (κ3) is 4.66. The van der Waals surface area contributed by atoms with Crippen molar-refractivity contribution in [2.45, 2.75) is 27.3 Å². The summed E-state index contributed by atoms with van der Waals surface area (Å²) in [6.45, 7) is 5.58. The van der Waals surface area contributed by atoms with Gasteiger partial charge in [-0.3, -0.25) is 9.59 Å². The maximum Gasteiger partial charge on any atom is 0.350 e. The van der Waals surface area contributed by atoms with Gasteiger partial charge in [-0.25, -0.2) is 9.78 Å². The summed E-state index contributed by atoms with van der Waals surface area (Å²) in [5.41, 5.74) is 0.0938. The van der Waals surface area contributed by atoms with Gasteiger partial charge in [0.1, 0.15) is 11.4 Å². The number of amides is 1. The van der Waals surface area contributed by atoms with E-state index >= 15 is 0 Å². The lowest BCUT2D eigenvalue weighted by Crippen LogP contribution is -2.27. The van der Waals surface area contributed by atoms with Crippen LogP contribution in [0.5, 0.6) is 5.75 Å². The van der Waals surface area contributed by atoms with Crippen LogP contribution in [0.4, 0.5) is 5.13 Å². The molecule has 0 aliphatic rings. The summed E-state index contributed by atoms with van der Waals surface area (Å²) in [4.78, 5) is 40.6. The van der Waals surface area contributed by atoms with E-state index in [-0.39, 0.29) is 29.6 Å². The maximum absolute atomic E-state index is 12.2. The molecule has 0 aliphatic carbocycles. The molecule has 9 heteroatoms. The van der Waals surface area contributed by atoms with Gasteiger partial charge in [-0.1, -0.05) is 11.3 Å². The SMILES string of the molecule is CCOC(=O)c1sc(NC(=O)Cn2cccc(OCC)c2=O)nc1C. The number of ether oxygens (including phenoxy) is 2. The second-order valence-electron chi connectivity index (χ2n) is 4.94. The van der Waals surface area contributed by atoms with Crippen molar-refractivity contribution in [1.82, 2.24) is 9.55 Å². The van der Waals surface area contributed by atoms with Gasteiger partial charge in [0.2, 0.25) is 5.91 Å². The van der Waals surface area contributed by atoms with E-state index in [1.165, 1.54) is 10.8 Å². The van der Waals surface area contributed by atoms with Crippen LogP contribution in [0.15, 0.2) is 23.1 Å². The highest BCUT2D eigenvalue weighted by Gasteiger charge is 2.18. The standard InChI is InChI=1S/C16H19N3O5S/c1-4-23-11-7-6-8-19(14(11)21)9-12(20)18-16-17-10(3)13(25-16)15(22)24-5-2/h6-8H,4-5,9H2,1-3H3,(H,17,18,20). The van der Waals surface area contributed by atoms with E-state index in [9.17, 15) is 14.4 Å². The molecule has 0 aliphatic heterocycles. The zero-order valence-corrected chi connectivity index (χ0v) is 15.0. The topological polar surface area (TPSA) is 99.5 Å². The number of nitrogens with one attached hydrogen (secondary N) is 1. The van der Waals surface area contributed by atoms with Gasteiger partial charge < -0.3 is 19.4 Å². The number of nitrogens with zero attached hydrogens (tertiary/aromatic N) is 2. The number of anilines is 1. The fourth-order valence-corrected chi connectivity index (χ4v) is 2.93. The number of aryl methyl sites for hydroxylation is 1. The summed E-state index contributed by atoms with van der Waals surface area (Å²) < 4.78 is 11.4. The van der Waals surface area contributed by atoms with Crippen molar-refractivity contribution in [3.05, 3.63) is 39.3 Å². The fraction of sp³-hybridized carbons (Fsp3) is 0.375. The molecule has 25 heavy (non-hydrogen) atoms. The first-order chi connectivity index (χ1) is 12.0. The van der Waals surface area contributed by atoms with Gasteiger partial charge >= 0.3 is 5.97 Å². The van der Waals surface area contributed by atoms with Crippen LogP contribution in [0.25, 0.3) is 0 Å². The molecule has 0 saturated carbocycles. The first kappa shape index (κ1) is 18.7. The second-order valence-corrected chi connectivity index (χ2v) is 5.94. The van der Waals surface area contributed by atoms with E-state index in [1.54, 1.807) is 32.9 Å². The lowest BCUT2D eigenvalue weighted by atomic mass is 10.4. The Morgan fingerprint density at radius 3 is 2.76 bits per heavy atom. The van der Waals surface area contributed by atoms with Gasteiger partial charge in [-0.05, 0) is 32.9 Å². The van der Waals surface area contributed by atoms with Crippen molar-refractivity contribution in [3.63, 3.8) is 0 Å². The average molecular weight is 365 g/mol. The van der Waals surface area contributed by atoms with Crippen LogP contribution in [-0.4, -0.2) is 34.6 Å². The summed E-state index contributed by atoms with van der Waals surface area (Å²) in [6, 6.07) is 3.18. The Labute approximate surface area is 148 Å². The monoisotopic (exact) mass is 365 g/mol. The number of thiazole rings is 1. The van der Waals surface area contributed by atoms with Gasteiger partial charge in [-0.15, -0.1) is 0 Å². The van der Waals surface area contributed by atoms with E-state index < -0.39 is 11.9 Å². The largest absolute Gasteiger partial charge is 0.488 e. The minimum Gasteiger partial charge on any atom is -0.488 e. The molecule has 0 atom stereocenters. The number of aromatic nitrogens is 2. The van der Waals surface area contributed by atoms with Gasteiger partial charge in [0.25, 0.3) is 5.56 Å². The molecule has 8 nitrogen and oxygen atoms in total. The Hall–Kier alpha value is -2.68. The second kappa shape index (κ2) is 8.43. The van der Waals surface area contributed by atoms with Crippen LogP contribution in [0.2, 0.25) is 0 Å². The van der Waals surface area contributed by atoms with Crippen LogP contribution < -0.4 is 15.6 Å². The summed E-state index contributed by atoms with van der Waals surface area (Å²) in [5.74, 6) is -0.717. The lowest BCUT2D eigenvalue weighted by molar-refractivity contribution is -0.116. The number of carbonyl (C=O) groups excluding carboxylic acids is 2. The Balaban J connectivity index is 2.09.